The number of aromatic nitrogens is 3. The summed E-state index contributed by atoms with van der Waals surface area (Å²) >= 11 is 0. The SMILES string of the molecule is C[C@H](NC(=O)c1cccn1C)c1cnccn1. The van der Waals surface area contributed by atoms with E-state index in [1.54, 1.807) is 29.2 Å². The van der Waals surface area contributed by atoms with Crippen LogP contribution in [0.25, 0.3) is 0 Å². The van der Waals surface area contributed by atoms with Gasteiger partial charge in [-0.15, -0.1) is 0 Å². The van der Waals surface area contributed by atoms with E-state index >= 15 is 0 Å². The number of nitrogens with one attached hydrogen (secondary N) is 1. The van der Waals surface area contributed by atoms with Crippen molar-refractivity contribution in [2.24, 2.45) is 7.05 Å². The zero-order valence-electron chi connectivity index (χ0n) is 9.79. The normalized spacial score (nSPS) is 12.1. The molecule has 0 unspecified atom stereocenters. The van der Waals surface area contributed by atoms with Crippen LogP contribution in [0.1, 0.15) is 29.1 Å². The molecule has 2 aromatic heterocycles. The van der Waals surface area contributed by atoms with E-state index in [1.165, 1.54) is 0 Å². The molecule has 0 spiro atoms. The molecule has 88 valence electrons. The monoisotopic (exact) mass is 230 g/mol. The Morgan fingerprint density at radius 1 is 1.47 bits per heavy atom. The average Bonchev–Trinajstić information content (AvgIpc) is 2.76. The number of rotatable bonds is 3. The minimum atomic E-state index is -0.161. The van der Waals surface area contributed by atoms with Gasteiger partial charge in [-0.1, -0.05) is 0 Å². The van der Waals surface area contributed by atoms with E-state index in [9.17, 15) is 4.79 Å². The number of carbonyl (C=O) groups excluding carboxylic acids is 1. The van der Waals surface area contributed by atoms with E-state index in [0.29, 0.717) is 5.69 Å². The molecule has 2 rings (SSSR count). The van der Waals surface area contributed by atoms with Crippen LogP contribution in [0.4, 0.5) is 0 Å². The Kier molecular flexibility index (Phi) is 3.18. The Hall–Kier alpha value is -2.17. The van der Waals surface area contributed by atoms with Gasteiger partial charge in [-0.05, 0) is 19.1 Å². The van der Waals surface area contributed by atoms with Crippen molar-refractivity contribution in [2.75, 3.05) is 0 Å². The van der Waals surface area contributed by atoms with Gasteiger partial charge in [0.15, 0.2) is 0 Å². The van der Waals surface area contributed by atoms with Gasteiger partial charge >= 0.3 is 0 Å². The van der Waals surface area contributed by atoms with Crippen molar-refractivity contribution in [3.63, 3.8) is 0 Å². The molecule has 0 aromatic carbocycles. The van der Waals surface area contributed by atoms with Crippen LogP contribution in [0.2, 0.25) is 0 Å². The molecule has 1 N–H and O–H groups in total. The zero-order chi connectivity index (χ0) is 12.3. The van der Waals surface area contributed by atoms with Crippen molar-refractivity contribution in [3.05, 3.63) is 48.3 Å². The lowest BCUT2D eigenvalue weighted by Crippen LogP contribution is -2.28. The molecule has 1 atom stereocenters. The fourth-order valence-electron chi connectivity index (χ4n) is 1.58. The molecule has 0 aliphatic carbocycles. The highest BCUT2D eigenvalue weighted by Gasteiger charge is 2.13. The first-order valence-electron chi connectivity index (χ1n) is 5.36. The molecule has 0 bridgehead atoms. The minimum Gasteiger partial charge on any atom is -0.347 e. The zero-order valence-corrected chi connectivity index (χ0v) is 9.79. The third kappa shape index (κ3) is 2.50. The molecule has 17 heavy (non-hydrogen) atoms. The third-order valence-corrected chi connectivity index (χ3v) is 2.55. The van der Waals surface area contributed by atoms with Gasteiger partial charge in [-0.25, -0.2) is 0 Å². The summed E-state index contributed by atoms with van der Waals surface area (Å²) in [6, 6.07) is 3.45. The van der Waals surface area contributed by atoms with Gasteiger partial charge in [0, 0.05) is 25.6 Å². The highest BCUT2D eigenvalue weighted by atomic mass is 16.2. The summed E-state index contributed by atoms with van der Waals surface area (Å²) in [7, 11) is 1.84. The van der Waals surface area contributed by atoms with Crippen molar-refractivity contribution in [1.29, 1.82) is 0 Å². The first-order valence-corrected chi connectivity index (χ1v) is 5.36. The Bertz CT molecular complexity index is 506. The van der Waals surface area contributed by atoms with Crippen LogP contribution in [-0.4, -0.2) is 20.4 Å². The second-order valence-electron chi connectivity index (χ2n) is 3.83. The van der Waals surface area contributed by atoms with Crippen LogP contribution in [0.15, 0.2) is 36.9 Å². The Labute approximate surface area is 99.5 Å². The van der Waals surface area contributed by atoms with Crippen LogP contribution in [0.3, 0.4) is 0 Å². The van der Waals surface area contributed by atoms with Crippen LogP contribution in [0.5, 0.6) is 0 Å². The minimum absolute atomic E-state index is 0.115. The van der Waals surface area contributed by atoms with Gasteiger partial charge in [0.1, 0.15) is 5.69 Å². The lowest BCUT2D eigenvalue weighted by molar-refractivity contribution is 0.0931. The fourth-order valence-corrected chi connectivity index (χ4v) is 1.58. The van der Waals surface area contributed by atoms with Gasteiger partial charge in [0.2, 0.25) is 0 Å². The summed E-state index contributed by atoms with van der Waals surface area (Å²) in [4.78, 5) is 20.1. The van der Waals surface area contributed by atoms with Gasteiger partial charge in [-0.2, -0.15) is 0 Å². The van der Waals surface area contributed by atoms with Crippen LogP contribution < -0.4 is 5.32 Å². The third-order valence-electron chi connectivity index (χ3n) is 2.55. The van der Waals surface area contributed by atoms with Crippen molar-refractivity contribution < 1.29 is 4.79 Å². The standard InChI is InChI=1S/C12H14N4O/c1-9(10-8-13-5-6-14-10)15-12(17)11-4-3-7-16(11)2/h3-9H,1-2H3,(H,15,17)/t9-/m0/s1. The molecule has 0 fully saturated rings. The topological polar surface area (TPSA) is 59.8 Å². The number of nitrogens with zero attached hydrogens (tertiary/aromatic N) is 3. The first kappa shape index (κ1) is 11.3. The predicted molar refractivity (Wildman–Crippen MR) is 63.3 cm³/mol. The largest absolute Gasteiger partial charge is 0.347 e. The summed E-state index contributed by atoms with van der Waals surface area (Å²) in [6.07, 6.45) is 6.70. The predicted octanol–water partition coefficient (Wildman–Crippen LogP) is 1.31. The number of carbonyl (C=O) groups is 1. The second-order valence-corrected chi connectivity index (χ2v) is 3.83. The Morgan fingerprint density at radius 2 is 2.29 bits per heavy atom. The molecule has 0 aliphatic heterocycles. The molecular weight excluding hydrogens is 216 g/mol. The number of amides is 1. The van der Waals surface area contributed by atoms with E-state index < -0.39 is 0 Å². The quantitative estimate of drug-likeness (QED) is 0.864. The summed E-state index contributed by atoms with van der Waals surface area (Å²) in [6.45, 7) is 1.88. The van der Waals surface area contributed by atoms with Gasteiger partial charge in [0.05, 0.1) is 17.9 Å². The van der Waals surface area contributed by atoms with Crippen molar-refractivity contribution >= 4 is 5.91 Å². The van der Waals surface area contributed by atoms with E-state index in [-0.39, 0.29) is 11.9 Å². The lowest BCUT2D eigenvalue weighted by Gasteiger charge is -2.13. The smallest absolute Gasteiger partial charge is 0.268 e. The average molecular weight is 230 g/mol. The number of aryl methyl sites for hydroxylation is 1. The summed E-state index contributed by atoms with van der Waals surface area (Å²) < 4.78 is 1.78. The summed E-state index contributed by atoms with van der Waals surface area (Å²) in [5, 5.41) is 2.88. The van der Waals surface area contributed by atoms with Crippen LogP contribution >= 0.6 is 0 Å². The highest BCUT2D eigenvalue weighted by molar-refractivity contribution is 5.92. The molecule has 0 saturated carbocycles. The first-order chi connectivity index (χ1) is 8.18. The molecule has 0 saturated heterocycles. The van der Waals surface area contributed by atoms with Crippen molar-refractivity contribution in [2.45, 2.75) is 13.0 Å². The molecular formula is C12H14N4O. The number of hydrogen-bond donors (Lipinski definition) is 1. The van der Waals surface area contributed by atoms with Gasteiger partial charge < -0.3 is 9.88 Å². The van der Waals surface area contributed by atoms with Crippen molar-refractivity contribution in [3.8, 4) is 0 Å². The van der Waals surface area contributed by atoms with Crippen LogP contribution in [0, 0.1) is 0 Å². The van der Waals surface area contributed by atoms with E-state index in [4.69, 9.17) is 0 Å². The summed E-state index contributed by atoms with van der Waals surface area (Å²) in [5.74, 6) is -0.115. The summed E-state index contributed by atoms with van der Waals surface area (Å²) in [5.41, 5.74) is 1.37. The van der Waals surface area contributed by atoms with E-state index in [0.717, 1.165) is 5.69 Å². The highest BCUT2D eigenvalue weighted by Crippen LogP contribution is 2.08. The molecule has 2 heterocycles. The molecule has 0 radical (unpaired) electrons. The van der Waals surface area contributed by atoms with E-state index in [1.807, 2.05) is 26.2 Å². The Morgan fingerprint density at radius 3 is 2.88 bits per heavy atom. The molecule has 5 heteroatoms. The van der Waals surface area contributed by atoms with E-state index in [2.05, 4.69) is 15.3 Å². The maximum absolute atomic E-state index is 11.9. The maximum atomic E-state index is 11.9. The van der Waals surface area contributed by atoms with Crippen molar-refractivity contribution in [1.82, 2.24) is 19.9 Å². The van der Waals surface area contributed by atoms with Crippen LogP contribution in [-0.2, 0) is 7.05 Å². The maximum Gasteiger partial charge on any atom is 0.268 e. The second kappa shape index (κ2) is 4.78. The lowest BCUT2D eigenvalue weighted by atomic mass is 10.2. The Balaban J connectivity index is 2.08. The molecule has 1 amide bonds. The molecule has 2 aromatic rings. The fraction of sp³-hybridized carbons (Fsp3) is 0.250. The molecule has 0 aliphatic rings. The number of hydrogen-bond acceptors (Lipinski definition) is 3. The molecule has 5 nitrogen and oxygen atoms in total. The van der Waals surface area contributed by atoms with Gasteiger partial charge in [-0.3, -0.25) is 14.8 Å². The van der Waals surface area contributed by atoms with Gasteiger partial charge in [0.25, 0.3) is 5.91 Å².